The molecule has 18 nitrogen and oxygen atoms in total. The van der Waals surface area contributed by atoms with Crippen molar-refractivity contribution < 1.29 is 0 Å². The predicted octanol–water partition coefficient (Wildman–Crippen LogP) is 27.7. The van der Waals surface area contributed by atoms with Crippen molar-refractivity contribution >= 4 is 49.3 Å². The molecule has 0 spiro atoms. The summed E-state index contributed by atoms with van der Waals surface area (Å²) in [5.41, 5.74) is 20.9. The molecule has 0 amide bonds. The van der Waals surface area contributed by atoms with Crippen molar-refractivity contribution in [3.63, 3.8) is 0 Å². The lowest BCUT2D eigenvalue weighted by Gasteiger charge is -2.21. The van der Waals surface area contributed by atoms with Crippen molar-refractivity contribution in [2.24, 2.45) is 0 Å². The normalized spacial score (nSPS) is 11.4. The van der Waals surface area contributed by atoms with E-state index in [0.29, 0.717) is 98.6 Å². The van der Waals surface area contributed by atoms with Gasteiger partial charge in [0.2, 0.25) is 0 Å². The quantitative estimate of drug-likeness (QED) is 0.0690. The van der Waals surface area contributed by atoms with Crippen molar-refractivity contribution in [1.82, 2.24) is 83.9 Å². The predicted molar refractivity (Wildman–Crippen MR) is 541 cm³/mol. The minimum atomic E-state index is 0.445. The summed E-state index contributed by atoms with van der Waals surface area (Å²) < 4.78 is 4.72. The zero-order chi connectivity index (χ0) is 90.4. The highest BCUT2D eigenvalue weighted by atomic mass is 15.1. The lowest BCUT2D eigenvalue weighted by atomic mass is 9.94. The van der Waals surface area contributed by atoms with E-state index in [4.69, 9.17) is 81.3 Å². The Bertz CT molecular complexity index is 8100. The second kappa shape index (κ2) is 34.7. The van der Waals surface area contributed by atoms with E-state index in [1.54, 1.807) is 0 Å². The van der Waals surface area contributed by atoms with Crippen LogP contribution in [0.4, 0.5) is 5.69 Å². The summed E-state index contributed by atoms with van der Waals surface area (Å²) in [6, 6.07) is 147. The molecule has 0 atom stereocenters. The summed E-state index contributed by atoms with van der Waals surface area (Å²) in [4.78, 5) is 83.6. The van der Waals surface area contributed by atoms with Crippen molar-refractivity contribution in [3.05, 3.63) is 448 Å². The van der Waals surface area contributed by atoms with Crippen LogP contribution in [0.3, 0.4) is 0 Å². The molecule has 0 aliphatic heterocycles. The first-order valence-corrected chi connectivity index (χ1v) is 44.6. The van der Waals surface area contributed by atoms with Crippen LogP contribution in [0.5, 0.6) is 0 Å². The fourth-order valence-corrected chi connectivity index (χ4v) is 17.8. The molecule has 0 saturated heterocycles. The van der Waals surface area contributed by atoms with Gasteiger partial charge in [0, 0.05) is 116 Å². The van der Waals surface area contributed by atoms with Crippen LogP contribution in [0.25, 0.3) is 253 Å². The van der Waals surface area contributed by atoms with Gasteiger partial charge in [0.05, 0.1) is 40.0 Å². The van der Waals surface area contributed by atoms with Gasteiger partial charge < -0.3 is 9.13 Å². The highest BCUT2D eigenvalue weighted by Gasteiger charge is 2.28. The Morgan fingerprint density at radius 1 is 0.147 bits per heavy atom. The third-order valence-corrected chi connectivity index (χ3v) is 24.4. The first kappa shape index (κ1) is 80.2. The second-order valence-corrected chi connectivity index (χ2v) is 32.9. The molecule has 0 unspecified atom stereocenters. The Kier molecular flexibility index (Phi) is 20.5. The van der Waals surface area contributed by atoms with Gasteiger partial charge in [0.25, 0.3) is 0 Å². The fourth-order valence-electron chi connectivity index (χ4n) is 17.8. The van der Waals surface area contributed by atoms with E-state index < -0.39 is 0 Å². The van der Waals surface area contributed by atoms with E-state index in [1.807, 2.05) is 322 Å². The standard InChI is InChI=1S/C118H72N18/c1-119-91-54-32-53-84(67-91)85-55-61-92(103(73-85)136-101-65-59-89(117-131-110(80-45-24-8-25-46-80)123-111(132-117)81-47-26-9-27-48-81)71-96(101)97-72-90(60-66-102(97)136)118-133-112(82-49-28-10-29-50-82)124-113(134-118)83-51-30-11-31-52-83)93-68-86(114-125-104(74-33-12-2-13-34-74)120-105(126-114)75-35-14-3-15-36-75)56-62-98(93)135-99-63-57-87(115-127-106(76-37-16-4-17-38-76)121-107(128-115)77-39-18-5-19-40-77)69-94(99)95-70-88(58-64-100(95)135)116-129-108(78-41-20-6-21-42-78)122-109(130-116)79-43-22-7-23-44-79/h2-73H. The van der Waals surface area contributed by atoms with Crippen LogP contribution in [0, 0.1) is 6.57 Å². The number of hydrogen-bond donors (Lipinski definition) is 0. The molecule has 18 heteroatoms. The molecule has 17 aromatic carbocycles. The monoisotopic (exact) mass is 1740 g/mol. The van der Waals surface area contributed by atoms with E-state index in [2.05, 4.69) is 129 Å². The van der Waals surface area contributed by atoms with Crippen molar-refractivity contribution in [2.45, 2.75) is 0 Å². The molecule has 0 saturated carbocycles. The van der Waals surface area contributed by atoms with Crippen LogP contribution in [0.1, 0.15) is 0 Å². The minimum absolute atomic E-state index is 0.445. The van der Waals surface area contributed by atoms with Crippen LogP contribution in [-0.2, 0) is 0 Å². The molecule has 7 aromatic heterocycles. The van der Waals surface area contributed by atoms with Gasteiger partial charge in [-0.3, -0.25) is 0 Å². The fraction of sp³-hybridized carbons (Fsp3) is 0. The average molecular weight is 1740 g/mol. The topological polar surface area (TPSA) is 208 Å². The van der Waals surface area contributed by atoms with E-state index in [-0.39, 0.29) is 0 Å². The molecule has 0 radical (unpaired) electrons. The van der Waals surface area contributed by atoms with Crippen molar-refractivity contribution in [1.29, 1.82) is 0 Å². The van der Waals surface area contributed by atoms with Gasteiger partial charge in [-0.05, 0) is 114 Å². The maximum atomic E-state index is 8.43. The van der Waals surface area contributed by atoms with Gasteiger partial charge in [0.1, 0.15) is 0 Å². The Morgan fingerprint density at radius 3 is 0.588 bits per heavy atom. The van der Waals surface area contributed by atoms with Gasteiger partial charge in [0.15, 0.2) is 93.1 Å². The average Bonchev–Trinajstić information content (AvgIpc) is 1.57. The number of hydrogen-bond acceptors (Lipinski definition) is 15. The van der Waals surface area contributed by atoms with E-state index in [1.165, 1.54) is 0 Å². The zero-order valence-corrected chi connectivity index (χ0v) is 72.6. The maximum Gasteiger partial charge on any atom is 0.187 e. The lowest BCUT2D eigenvalue weighted by Crippen LogP contribution is -2.04. The molecule has 0 N–H and O–H groups in total. The highest BCUT2D eigenvalue weighted by molar-refractivity contribution is 6.14. The number of rotatable bonds is 19. The van der Waals surface area contributed by atoms with E-state index >= 15 is 0 Å². The molecule has 0 bridgehead atoms. The molecule has 0 aliphatic rings. The van der Waals surface area contributed by atoms with Gasteiger partial charge in [-0.25, -0.2) is 79.6 Å². The lowest BCUT2D eigenvalue weighted by molar-refractivity contribution is 1.07. The maximum absolute atomic E-state index is 8.43. The van der Waals surface area contributed by atoms with Crippen LogP contribution >= 0.6 is 0 Å². The van der Waals surface area contributed by atoms with Gasteiger partial charge >= 0.3 is 0 Å². The summed E-state index contributed by atoms with van der Waals surface area (Å²) in [6.45, 7) is 8.43. The Morgan fingerprint density at radius 2 is 0.346 bits per heavy atom. The molecule has 0 fully saturated rings. The molecular weight excluding hydrogens is 1670 g/mol. The smallest absolute Gasteiger partial charge is 0.187 e. The number of aromatic nitrogens is 17. The summed E-state index contributed by atoms with van der Waals surface area (Å²) in [5, 5.41) is 3.50. The highest BCUT2D eigenvalue weighted by Crippen LogP contribution is 2.47. The van der Waals surface area contributed by atoms with Crippen LogP contribution < -0.4 is 0 Å². The largest absolute Gasteiger partial charge is 0.309 e. The third kappa shape index (κ3) is 15.4. The van der Waals surface area contributed by atoms with E-state index in [9.17, 15) is 0 Å². The van der Waals surface area contributed by atoms with Gasteiger partial charge in [-0.1, -0.05) is 334 Å². The third-order valence-electron chi connectivity index (χ3n) is 24.4. The second-order valence-electron chi connectivity index (χ2n) is 32.9. The first-order valence-electron chi connectivity index (χ1n) is 44.6. The molecule has 136 heavy (non-hydrogen) atoms. The molecule has 0 aliphatic carbocycles. The number of fused-ring (bicyclic) bond motifs is 6. The number of benzene rings is 17. The number of nitrogens with zero attached hydrogens (tertiary/aromatic N) is 18. The zero-order valence-electron chi connectivity index (χ0n) is 72.6. The Hall–Kier alpha value is -19.1. The molecule has 634 valence electrons. The van der Waals surface area contributed by atoms with Crippen LogP contribution in [0.2, 0.25) is 0 Å². The summed E-state index contributed by atoms with van der Waals surface area (Å²) >= 11 is 0. The summed E-state index contributed by atoms with van der Waals surface area (Å²) in [5.74, 6) is 7.60. The van der Waals surface area contributed by atoms with Gasteiger partial charge in [-0.2, -0.15) is 0 Å². The Labute approximate surface area is 780 Å². The molecular formula is C118H72N18. The van der Waals surface area contributed by atoms with Gasteiger partial charge in [-0.15, -0.1) is 0 Å². The van der Waals surface area contributed by atoms with Crippen molar-refractivity contribution in [3.8, 4) is 204 Å². The molecule has 7 heterocycles. The Balaban J connectivity index is 0.800. The van der Waals surface area contributed by atoms with Crippen LogP contribution in [0.15, 0.2) is 437 Å². The first-order chi connectivity index (χ1) is 67.3. The summed E-state index contributed by atoms with van der Waals surface area (Å²) in [6.07, 6.45) is 0. The van der Waals surface area contributed by atoms with Crippen molar-refractivity contribution in [2.75, 3.05) is 0 Å². The summed E-state index contributed by atoms with van der Waals surface area (Å²) in [7, 11) is 0. The molecule has 24 rings (SSSR count). The minimum Gasteiger partial charge on any atom is -0.309 e. The SMILES string of the molecule is [C-]#[N+]c1cccc(-c2ccc(-c3cc(-c4nc(-c5ccccc5)nc(-c5ccccc5)n4)ccc3-n3c4ccc(-c5nc(-c6ccccc6)nc(-c6ccccc6)n5)cc4c4cc(-c5nc(-c6ccccc6)nc(-c6ccccc6)n5)ccc43)c(-n3c4ccc(-c5nc(-c6ccccc6)nc(-c6ccccc6)n5)cc4c4cc(-c5nc(-c6ccccc6)nc(-c6ccccc6)n5)ccc43)c2)c1. The van der Waals surface area contributed by atoms with Crippen LogP contribution in [-0.4, -0.2) is 83.9 Å². The molecule has 24 aromatic rings. The van der Waals surface area contributed by atoms with E-state index in [0.717, 1.165) is 155 Å².